The van der Waals surface area contributed by atoms with Crippen molar-refractivity contribution in [1.29, 1.82) is 0 Å². The second-order valence-electron chi connectivity index (χ2n) is 6.77. The average Bonchev–Trinajstić information content (AvgIpc) is 3.00. The van der Waals surface area contributed by atoms with Crippen LogP contribution in [0.1, 0.15) is 36.6 Å². The molecule has 0 aromatic heterocycles. The molecular formula is C23H16F2N2O3S. The molecule has 1 heterocycles. The smallest absolute Gasteiger partial charge is 0.288 e. The number of carbonyl (C=O) groups excluding carboxylic acids is 3. The summed E-state index contributed by atoms with van der Waals surface area (Å²) >= 11 is 0.351. The summed E-state index contributed by atoms with van der Waals surface area (Å²) in [7, 11) is 0. The number of fused-ring (bicyclic) bond motifs is 1. The van der Waals surface area contributed by atoms with Crippen molar-refractivity contribution >= 4 is 35.2 Å². The molecule has 1 aliphatic rings. The number of thioether (sulfide) groups is 1. The lowest BCUT2D eigenvalue weighted by Gasteiger charge is -2.15. The van der Waals surface area contributed by atoms with Crippen LogP contribution in [-0.4, -0.2) is 28.4 Å². The minimum absolute atomic E-state index is 0.0191. The minimum Gasteiger partial charge on any atom is -0.321 e. The van der Waals surface area contributed by atoms with Crippen molar-refractivity contribution in [2.24, 2.45) is 0 Å². The Kier molecular flexibility index (Phi) is 5.81. The molecule has 3 aromatic rings. The van der Waals surface area contributed by atoms with Crippen LogP contribution < -0.4 is 5.32 Å². The van der Waals surface area contributed by atoms with Crippen LogP contribution in [-0.2, 0) is 6.54 Å². The monoisotopic (exact) mass is 438 g/mol. The molecule has 0 aliphatic carbocycles. The van der Waals surface area contributed by atoms with Crippen LogP contribution in [0.25, 0.3) is 0 Å². The van der Waals surface area contributed by atoms with Gasteiger partial charge in [0.1, 0.15) is 0 Å². The highest BCUT2D eigenvalue weighted by Crippen LogP contribution is 2.32. The lowest BCUT2D eigenvalue weighted by molar-refractivity contribution is 0.0642. The normalized spacial score (nSPS) is 12.9. The van der Waals surface area contributed by atoms with Crippen molar-refractivity contribution in [3.8, 4) is 0 Å². The zero-order valence-electron chi connectivity index (χ0n) is 16.0. The first-order chi connectivity index (χ1) is 14.9. The van der Waals surface area contributed by atoms with Crippen LogP contribution in [0.15, 0.2) is 77.7 Å². The molecule has 0 saturated carbocycles. The Morgan fingerprint density at radius 1 is 0.903 bits per heavy atom. The second kappa shape index (κ2) is 8.69. The number of hydrogen-bond acceptors (Lipinski definition) is 4. The van der Waals surface area contributed by atoms with Crippen LogP contribution in [0.4, 0.5) is 14.5 Å². The number of halogens is 2. The molecule has 0 bridgehead atoms. The maximum absolute atomic E-state index is 12.8. The van der Waals surface area contributed by atoms with E-state index in [1.54, 1.807) is 66.7 Å². The third kappa shape index (κ3) is 4.34. The molecule has 156 valence electrons. The maximum Gasteiger partial charge on any atom is 0.288 e. The number of carbonyl (C=O) groups is 3. The number of amides is 3. The molecular weight excluding hydrogens is 422 g/mol. The van der Waals surface area contributed by atoms with E-state index in [0.717, 1.165) is 4.90 Å². The van der Waals surface area contributed by atoms with E-state index in [9.17, 15) is 23.2 Å². The first-order valence-corrected chi connectivity index (χ1v) is 10.2. The van der Waals surface area contributed by atoms with Crippen LogP contribution in [0, 0.1) is 0 Å². The van der Waals surface area contributed by atoms with Crippen LogP contribution in [0.3, 0.4) is 0 Å². The van der Waals surface area contributed by atoms with E-state index < -0.39 is 11.7 Å². The standard InChI is InChI=1S/C23H16F2N2O3S/c24-23(25)31-19-11-4-3-10-18(19)26-20(28)15-7-5-6-14(12-15)13-27-21(29)16-8-1-2-9-17(16)22(27)30/h1-12,23H,13H2,(H,26,28). The van der Waals surface area contributed by atoms with E-state index >= 15 is 0 Å². The third-order valence-corrected chi connectivity index (χ3v) is 5.55. The van der Waals surface area contributed by atoms with Gasteiger partial charge in [0.2, 0.25) is 0 Å². The van der Waals surface area contributed by atoms with Gasteiger partial charge in [0.15, 0.2) is 0 Å². The summed E-state index contributed by atoms with van der Waals surface area (Å²) in [5, 5.41) is 2.64. The van der Waals surface area contributed by atoms with E-state index in [-0.39, 0.29) is 34.5 Å². The quantitative estimate of drug-likeness (QED) is 0.432. The Balaban J connectivity index is 1.51. The lowest BCUT2D eigenvalue weighted by Crippen LogP contribution is -2.29. The summed E-state index contributed by atoms with van der Waals surface area (Å²) in [4.78, 5) is 39.2. The topological polar surface area (TPSA) is 66.5 Å². The molecule has 8 heteroatoms. The molecule has 31 heavy (non-hydrogen) atoms. The van der Waals surface area contributed by atoms with Gasteiger partial charge in [-0.05, 0) is 42.0 Å². The van der Waals surface area contributed by atoms with Crippen molar-refractivity contribution in [2.45, 2.75) is 17.2 Å². The Bertz CT molecular complexity index is 1150. The second-order valence-corrected chi connectivity index (χ2v) is 7.80. The molecule has 0 radical (unpaired) electrons. The first-order valence-electron chi connectivity index (χ1n) is 9.33. The maximum atomic E-state index is 12.8. The van der Waals surface area contributed by atoms with E-state index in [2.05, 4.69) is 5.32 Å². The van der Waals surface area contributed by atoms with Crippen molar-refractivity contribution < 1.29 is 23.2 Å². The zero-order chi connectivity index (χ0) is 22.0. The molecule has 5 nitrogen and oxygen atoms in total. The van der Waals surface area contributed by atoms with Crippen LogP contribution in [0.2, 0.25) is 0 Å². The summed E-state index contributed by atoms with van der Waals surface area (Å²) in [5.41, 5.74) is 1.87. The predicted octanol–water partition coefficient (Wildman–Crippen LogP) is 5.05. The number of alkyl halides is 2. The van der Waals surface area contributed by atoms with E-state index in [0.29, 0.717) is 28.5 Å². The van der Waals surface area contributed by atoms with Crippen LogP contribution >= 0.6 is 11.8 Å². The summed E-state index contributed by atoms with van der Waals surface area (Å²) < 4.78 is 25.5. The van der Waals surface area contributed by atoms with Crippen molar-refractivity contribution in [3.63, 3.8) is 0 Å². The SMILES string of the molecule is O=C(Nc1ccccc1SC(F)F)c1cccc(CN2C(=O)c3ccccc3C2=O)c1. The molecule has 1 N–H and O–H groups in total. The van der Waals surface area contributed by atoms with Gasteiger partial charge in [-0.15, -0.1) is 0 Å². The number of benzene rings is 3. The highest BCUT2D eigenvalue weighted by atomic mass is 32.2. The Morgan fingerprint density at radius 3 is 2.23 bits per heavy atom. The summed E-state index contributed by atoms with van der Waals surface area (Å²) in [6, 6.07) is 19.4. The van der Waals surface area contributed by atoms with Crippen molar-refractivity contribution in [1.82, 2.24) is 4.90 Å². The molecule has 0 atom stereocenters. The Morgan fingerprint density at radius 2 is 1.55 bits per heavy atom. The molecule has 3 amide bonds. The van der Waals surface area contributed by atoms with Gasteiger partial charge in [-0.2, -0.15) is 8.78 Å². The Labute approximate surface area is 181 Å². The summed E-state index contributed by atoms with van der Waals surface area (Å²) in [6.07, 6.45) is 0. The average molecular weight is 438 g/mol. The van der Waals surface area contributed by atoms with E-state index in [1.807, 2.05) is 0 Å². The zero-order valence-corrected chi connectivity index (χ0v) is 16.9. The van der Waals surface area contributed by atoms with Gasteiger partial charge in [0.05, 0.1) is 23.4 Å². The number of imide groups is 1. The molecule has 1 aliphatic heterocycles. The molecule has 4 rings (SSSR count). The molecule has 0 saturated heterocycles. The summed E-state index contributed by atoms with van der Waals surface area (Å²) in [5.74, 6) is -3.85. The van der Waals surface area contributed by atoms with Gasteiger partial charge in [0.25, 0.3) is 23.5 Å². The highest BCUT2D eigenvalue weighted by molar-refractivity contribution is 7.99. The van der Waals surface area contributed by atoms with Gasteiger partial charge >= 0.3 is 0 Å². The molecule has 0 unspecified atom stereocenters. The number of rotatable bonds is 6. The van der Waals surface area contributed by atoms with Gasteiger partial charge < -0.3 is 5.32 Å². The third-order valence-electron chi connectivity index (χ3n) is 4.76. The number of hydrogen-bond donors (Lipinski definition) is 1. The number of nitrogens with one attached hydrogen (secondary N) is 1. The minimum atomic E-state index is -2.61. The molecule has 3 aromatic carbocycles. The highest BCUT2D eigenvalue weighted by Gasteiger charge is 2.35. The number of para-hydroxylation sites is 1. The Hall–Kier alpha value is -3.52. The van der Waals surface area contributed by atoms with E-state index in [1.165, 1.54) is 6.07 Å². The molecule has 0 spiro atoms. The number of nitrogens with zero attached hydrogens (tertiary/aromatic N) is 1. The lowest BCUT2D eigenvalue weighted by atomic mass is 10.1. The van der Waals surface area contributed by atoms with E-state index in [4.69, 9.17) is 0 Å². The van der Waals surface area contributed by atoms with Crippen molar-refractivity contribution in [2.75, 3.05) is 5.32 Å². The van der Waals surface area contributed by atoms with Gasteiger partial charge in [0, 0.05) is 10.5 Å². The number of anilines is 1. The fourth-order valence-electron chi connectivity index (χ4n) is 3.34. The van der Waals surface area contributed by atoms with Crippen molar-refractivity contribution in [3.05, 3.63) is 95.1 Å². The fourth-order valence-corrected chi connectivity index (χ4v) is 3.93. The largest absolute Gasteiger partial charge is 0.321 e. The first kappa shape index (κ1) is 20.7. The summed E-state index contributed by atoms with van der Waals surface area (Å²) in [6.45, 7) is 0.0191. The fraction of sp³-hybridized carbons (Fsp3) is 0.0870. The van der Waals surface area contributed by atoms with Crippen LogP contribution in [0.5, 0.6) is 0 Å². The molecule has 0 fully saturated rings. The van der Waals surface area contributed by atoms with Gasteiger partial charge in [-0.1, -0.05) is 48.2 Å². The van der Waals surface area contributed by atoms with Gasteiger partial charge in [-0.3, -0.25) is 19.3 Å². The predicted molar refractivity (Wildman–Crippen MR) is 113 cm³/mol. The van der Waals surface area contributed by atoms with Gasteiger partial charge in [-0.25, -0.2) is 0 Å².